The van der Waals surface area contributed by atoms with Crippen molar-refractivity contribution in [3.8, 4) is 5.75 Å². The number of hydrogen-bond acceptors (Lipinski definition) is 3. The molecule has 0 aliphatic heterocycles. The number of ether oxygens (including phenoxy) is 1. The van der Waals surface area contributed by atoms with E-state index in [1.807, 2.05) is 54.8 Å². The first-order valence-electron chi connectivity index (χ1n) is 9.57. The maximum absolute atomic E-state index is 11.8. The molecule has 28 heavy (non-hydrogen) atoms. The van der Waals surface area contributed by atoms with Crippen LogP contribution in [0.4, 0.5) is 0 Å². The van der Waals surface area contributed by atoms with Gasteiger partial charge in [0, 0.05) is 31.4 Å². The zero-order chi connectivity index (χ0) is 19.3. The zero-order valence-electron chi connectivity index (χ0n) is 16.7. The number of benzene rings is 1. The van der Waals surface area contributed by atoms with Crippen molar-refractivity contribution < 1.29 is 4.74 Å². The Kier molecular flexibility index (Phi) is 12.0. The van der Waals surface area contributed by atoms with E-state index >= 15 is 0 Å². The summed E-state index contributed by atoms with van der Waals surface area (Å²) in [5.74, 6) is 1.66. The molecule has 0 saturated heterocycles. The minimum atomic E-state index is 0. The van der Waals surface area contributed by atoms with Gasteiger partial charge in [-0.2, -0.15) is 0 Å². The fourth-order valence-electron chi connectivity index (χ4n) is 2.68. The summed E-state index contributed by atoms with van der Waals surface area (Å²) in [5.41, 5.74) is 1.06. The second kappa shape index (κ2) is 14.0. The van der Waals surface area contributed by atoms with Gasteiger partial charge in [-0.05, 0) is 44.9 Å². The van der Waals surface area contributed by atoms with E-state index in [9.17, 15) is 4.79 Å². The summed E-state index contributed by atoms with van der Waals surface area (Å²) in [6, 6.07) is 15.1. The second-order valence-corrected chi connectivity index (χ2v) is 6.21. The Labute approximate surface area is 184 Å². The number of rotatable bonds is 10. The van der Waals surface area contributed by atoms with E-state index in [2.05, 4.69) is 15.6 Å². The summed E-state index contributed by atoms with van der Waals surface area (Å²) >= 11 is 0. The van der Waals surface area contributed by atoms with Gasteiger partial charge in [-0.3, -0.25) is 9.79 Å². The predicted octanol–water partition coefficient (Wildman–Crippen LogP) is 3.19. The van der Waals surface area contributed by atoms with E-state index in [4.69, 9.17) is 4.74 Å². The molecule has 1 aromatic heterocycles. The van der Waals surface area contributed by atoms with Crippen LogP contribution < -0.4 is 20.9 Å². The molecule has 0 amide bonds. The van der Waals surface area contributed by atoms with E-state index in [1.165, 1.54) is 0 Å². The quantitative estimate of drug-likeness (QED) is 0.229. The monoisotopic (exact) mass is 498 g/mol. The first-order valence-corrected chi connectivity index (χ1v) is 9.57. The molecule has 1 aromatic carbocycles. The number of nitrogens with zero attached hydrogens (tertiary/aromatic N) is 2. The number of halogens is 1. The molecule has 2 rings (SSSR count). The summed E-state index contributed by atoms with van der Waals surface area (Å²) in [6.45, 7) is 7.52. The zero-order valence-corrected chi connectivity index (χ0v) is 19.0. The fraction of sp³-hybridized carbons (Fsp3) is 0.429. The minimum absolute atomic E-state index is 0. The SMILES string of the molecule is CCNC(=NCCCCn1c(C)cccc1=O)NCCOc1ccccc1.I. The van der Waals surface area contributed by atoms with Gasteiger partial charge in [0.05, 0.1) is 6.54 Å². The molecule has 2 N–H and O–H groups in total. The van der Waals surface area contributed by atoms with E-state index in [-0.39, 0.29) is 29.5 Å². The summed E-state index contributed by atoms with van der Waals surface area (Å²) < 4.78 is 7.48. The van der Waals surface area contributed by atoms with Crippen molar-refractivity contribution in [2.45, 2.75) is 33.2 Å². The largest absolute Gasteiger partial charge is 0.492 e. The van der Waals surface area contributed by atoms with Crippen LogP contribution in [0.2, 0.25) is 0 Å². The van der Waals surface area contributed by atoms with Crippen molar-refractivity contribution in [3.05, 3.63) is 64.6 Å². The molecule has 0 aliphatic rings. The lowest BCUT2D eigenvalue weighted by Crippen LogP contribution is -2.39. The highest BCUT2D eigenvalue weighted by Gasteiger charge is 2.00. The second-order valence-electron chi connectivity index (χ2n) is 6.21. The van der Waals surface area contributed by atoms with Crippen LogP contribution in [0.15, 0.2) is 58.3 Å². The van der Waals surface area contributed by atoms with Crippen LogP contribution in [0.1, 0.15) is 25.5 Å². The Balaban J connectivity index is 0.00000392. The lowest BCUT2D eigenvalue weighted by atomic mass is 10.3. The van der Waals surface area contributed by atoms with Crippen molar-refractivity contribution in [1.29, 1.82) is 0 Å². The van der Waals surface area contributed by atoms with Gasteiger partial charge in [0.2, 0.25) is 0 Å². The molecule has 154 valence electrons. The summed E-state index contributed by atoms with van der Waals surface area (Å²) in [6.07, 6.45) is 1.85. The van der Waals surface area contributed by atoms with Crippen LogP contribution in [0.5, 0.6) is 5.75 Å². The third kappa shape index (κ3) is 8.77. The fourth-order valence-corrected chi connectivity index (χ4v) is 2.68. The molecule has 7 heteroatoms. The van der Waals surface area contributed by atoms with Gasteiger partial charge >= 0.3 is 0 Å². The molecule has 0 fully saturated rings. The lowest BCUT2D eigenvalue weighted by molar-refractivity contribution is 0.322. The minimum Gasteiger partial charge on any atom is -0.492 e. The number of pyridine rings is 1. The molecule has 0 radical (unpaired) electrons. The predicted molar refractivity (Wildman–Crippen MR) is 126 cm³/mol. The highest BCUT2D eigenvalue weighted by molar-refractivity contribution is 14.0. The molecule has 0 unspecified atom stereocenters. The smallest absolute Gasteiger partial charge is 0.250 e. The van der Waals surface area contributed by atoms with Crippen LogP contribution in [0.25, 0.3) is 0 Å². The number of aromatic nitrogens is 1. The topological polar surface area (TPSA) is 67.7 Å². The summed E-state index contributed by atoms with van der Waals surface area (Å²) in [7, 11) is 0. The Morgan fingerprint density at radius 3 is 2.57 bits per heavy atom. The average Bonchev–Trinajstić information content (AvgIpc) is 2.67. The number of hydrogen-bond donors (Lipinski definition) is 2. The van der Waals surface area contributed by atoms with Gasteiger partial charge in [0.25, 0.3) is 5.56 Å². The Morgan fingerprint density at radius 1 is 1.07 bits per heavy atom. The molecule has 0 spiro atoms. The van der Waals surface area contributed by atoms with Crippen LogP contribution in [-0.2, 0) is 6.54 Å². The highest BCUT2D eigenvalue weighted by atomic mass is 127. The molecule has 0 saturated carbocycles. The van der Waals surface area contributed by atoms with E-state index in [0.717, 1.165) is 49.9 Å². The number of aliphatic imine (C=N–C) groups is 1. The maximum Gasteiger partial charge on any atom is 0.250 e. The first-order chi connectivity index (χ1) is 13.2. The van der Waals surface area contributed by atoms with Crippen LogP contribution >= 0.6 is 24.0 Å². The van der Waals surface area contributed by atoms with Crippen molar-refractivity contribution in [1.82, 2.24) is 15.2 Å². The Hall–Kier alpha value is -2.03. The molecule has 0 bridgehead atoms. The molecule has 6 nitrogen and oxygen atoms in total. The van der Waals surface area contributed by atoms with E-state index in [1.54, 1.807) is 12.1 Å². The highest BCUT2D eigenvalue weighted by Crippen LogP contribution is 2.07. The summed E-state index contributed by atoms with van der Waals surface area (Å²) in [4.78, 5) is 16.4. The normalized spacial score (nSPS) is 10.9. The molecular weight excluding hydrogens is 467 g/mol. The lowest BCUT2D eigenvalue weighted by Gasteiger charge is -2.12. The van der Waals surface area contributed by atoms with E-state index in [0.29, 0.717) is 13.2 Å². The standard InChI is InChI=1S/C21H30N4O2.HI/c1-3-22-21(24-15-17-27-19-11-5-4-6-12-19)23-14-7-8-16-25-18(2)10-9-13-20(25)26;/h4-6,9-13H,3,7-8,14-17H2,1-2H3,(H2,22,23,24);1H. The van der Waals surface area contributed by atoms with E-state index < -0.39 is 0 Å². The van der Waals surface area contributed by atoms with Crippen molar-refractivity contribution in [2.75, 3.05) is 26.2 Å². The number of nitrogens with one attached hydrogen (secondary N) is 2. The number of guanidine groups is 1. The molecular formula is C21H31IN4O2. The molecule has 0 aliphatic carbocycles. The van der Waals surface area contributed by atoms with Gasteiger partial charge in [-0.1, -0.05) is 24.3 Å². The van der Waals surface area contributed by atoms with Gasteiger partial charge in [0.1, 0.15) is 12.4 Å². The van der Waals surface area contributed by atoms with Gasteiger partial charge in [0.15, 0.2) is 5.96 Å². The van der Waals surface area contributed by atoms with Crippen molar-refractivity contribution >= 4 is 29.9 Å². The maximum atomic E-state index is 11.8. The van der Waals surface area contributed by atoms with Gasteiger partial charge in [-0.25, -0.2) is 0 Å². The number of aryl methyl sites for hydroxylation is 1. The van der Waals surface area contributed by atoms with Crippen LogP contribution in [-0.4, -0.2) is 36.8 Å². The van der Waals surface area contributed by atoms with Crippen molar-refractivity contribution in [3.63, 3.8) is 0 Å². The molecule has 0 atom stereocenters. The first kappa shape index (κ1) is 24.0. The van der Waals surface area contributed by atoms with Gasteiger partial charge in [-0.15, -0.1) is 24.0 Å². The molecule has 2 aromatic rings. The van der Waals surface area contributed by atoms with Gasteiger partial charge < -0.3 is 19.9 Å². The Bertz CT molecular complexity index is 763. The van der Waals surface area contributed by atoms with Crippen LogP contribution in [0, 0.1) is 6.92 Å². The van der Waals surface area contributed by atoms with Crippen LogP contribution in [0.3, 0.4) is 0 Å². The van der Waals surface area contributed by atoms with Crippen molar-refractivity contribution in [2.24, 2.45) is 4.99 Å². The Morgan fingerprint density at radius 2 is 1.86 bits per heavy atom. The third-order valence-corrected chi connectivity index (χ3v) is 4.08. The average molecular weight is 498 g/mol. The number of unbranched alkanes of at least 4 members (excludes halogenated alkanes) is 1. The molecule has 1 heterocycles. The number of para-hydroxylation sites is 1. The summed E-state index contributed by atoms with van der Waals surface area (Å²) in [5, 5.41) is 6.51. The third-order valence-electron chi connectivity index (χ3n) is 4.08.